The van der Waals surface area contributed by atoms with Gasteiger partial charge in [0.15, 0.2) is 0 Å². The molecule has 252 valence electrons. The van der Waals surface area contributed by atoms with Crippen molar-refractivity contribution in [3.05, 3.63) is 99.3 Å². The molecule has 0 spiro atoms. The van der Waals surface area contributed by atoms with Gasteiger partial charge in [-0.2, -0.15) is 4.72 Å². The Labute approximate surface area is 294 Å². The van der Waals surface area contributed by atoms with Crippen LogP contribution in [0.25, 0.3) is 10.1 Å². The summed E-state index contributed by atoms with van der Waals surface area (Å²) in [5.41, 5.74) is 0.139. The molecule has 4 atom stereocenters. The first-order chi connectivity index (χ1) is 22.8. The van der Waals surface area contributed by atoms with Gasteiger partial charge in [0.1, 0.15) is 17.0 Å². The predicted octanol–water partition coefficient (Wildman–Crippen LogP) is 5.75. The molecule has 2 aliphatic rings. The van der Waals surface area contributed by atoms with Gasteiger partial charge in [-0.05, 0) is 67.0 Å². The molecular weight excluding hydrogens is 691 g/mol. The highest BCUT2D eigenvalue weighted by Gasteiger charge is 2.65. The molecule has 2 saturated heterocycles. The van der Waals surface area contributed by atoms with Gasteiger partial charge in [0, 0.05) is 22.8 Å². The minimum absolute atomic E-state index is 0.0546. The molecule has 6 rings (SSSR count). The van der Waals surface area contributed by atoms with Gasteiger partial charge < -0.3 is 15.1 Å². The Kier molecular flexibility index (Phi) is 9.63. The second-order valence-corrected chi connectivity index (χ2v) is 16.6. The second kappa shape index (κ2) is 13.4. The Morgan fingerprint density at radius 1 is 0.958 bits per heavy atom. The van der Waals surface area contributed by atoms with Crippen molar-refractivity contribution in [1.29, 1.82) is 0 Å². The molecule has 3 aromatic carbocycles. The first-order valence-electron chi connectivity index (χ1n) is 15.7. The topological polar surface area (TPSA) is 116 Å². The van der Waals surface area contributed by atoms with Crippen LogP contribution < -0.4 is 10.0 Å². The van der Waals surface area contributed by atoms with Crippen molar-refractivity contribution in [3.8, 4) is 0 Å². The van der Waals surface area contributed by atoms with E-state index in [0.29, 0.717) is 11.3 Å². The third-order valence-electron chi connectivity index (χ3n) is 9.13. The van der Waals surface area contributed by atoms with E-state index in [1.165, 1.54) is 29.5 Å². The first kappa shape index (κ1) is 34.4. The monoisotopic (exact) mass is 726 g/mol. The molecule has 4 aromatic rings. The van der Waals surface area contributed by atoms with Crippen molar-refractivity contribution in [2.24, 2.45) is 5.92 Å². The van der Waals surface area contributed by atoms with Crippen molar-refractivity contribution < 1.29 is 22.8 Å². The van der Waals surface area contributed by atoms with Crippen LogP contribution >= 0.6 is 34.5 Å². The average molecular weight is 728 g/mol. The van der Waals surface area contributed by atoms with E-state index in [1.54, 1.807) is 9.80 Å². The Morgan fingerprint density at radius 2 is 1.67 bits per heavy atom. The van der Waals surface area contributed by atoms with E-state index >= 15 is 0 Å². The molecule has 1 aromatic heterocycles. The number of halogens is 2. The van der Waals surface area contributed by atoms with Gasteiger partial charge in [0.2, 0.25) is 21.8 Å². The van der Waals surface area contributed by atoms with Crippen molar-refractivity contribution >= 4 is 72.4 Å². The normalized spacial score (nSPS) is 20.1. The van der Waals surface area contributed by atoms with Crippen LogP contribution in [0.2, 0.25) is 10.0 Å². The number of piperazine rings is 1. The summed E-state index contributed by atoms with van der Waals surface area (Å²) < 4.78 is 30.5. The summed E-state index contributed by atoms with van der Waals surface area (Å²) in [5, 5.41) is 4.19. The molecule has 9 nitrogen and oxygen atoms in total. The lowest BCUT2D eigenvalue weighted by Crippen LogP contribution is -2.89. The molecule has 0 aliphatic carbocycles. The molecule has 2 unspecified atom stereocenters. The maximum atomic E-state index is 14.0. The minimum Gasteiger partial charge on any atom is -0.340 e. The van der Waals surface area contributed by atoms with Crippen LogP contribution in [-0.2, 0) is 26.0 Å². The number of hydrogen-bond acceptors (Lipinski definition) is 6. The highest BCUT2D eigenvalue weighted by molar-refractivity contribution is 7.89. The summed E-state index contributed by atoms with van der Waals surface area (Å²) in [6.07, 6.45) is 0.580. The van der Waals surface area contributed by atoms with E-state index in [2.05, 4.69) is 10.0 Å². The fourth-order valence-corrected chi connectivity index (χ4v) is 9.49. The van der Waals surface area contributed by atoms with Crippen molar-refractivity contribution in [3.63, 3.8) is 0 Å². The number of fused-ring (bicyclic) bond motifs is 2. The summed E-state index contributed by atoms with van der Waals surface area (Å²) in [6, 6.07) is 20.7. The van der Waals surface area contributed by atoms with Crippen LogP contribution in [0.1, 0.15) is 42.4 Å². The lowest BCUT2D eigenvalue weighted by Gasteiger charge is -2.69. The third-order valence-corrected chi connectivity index (χ3v) is 12.4. The molecule has 2 aliphatic heterocycles. The van der Waals surface area contributed by atoms with Crippen LogP contribution in [0, 0.1) is 5.92 Å². The summed E-state index contributed by atoms with van der Waals surface area (Å²) in [5.74, 6) is -0.728. The van der Waals surface area contributed by atoms with E-state index in [9.17, 15) is 22.8 Å². The van der Waals surface area contributed by atoms with E-state index in [-0.39, 0.29) is 64.1 Å². The number of sulfonamides is 1. The van der Waals surface area contributed by atoms with E-state index in [4.69, 9.17) is 23.2 Å². The minimum atomic E-state index is -4.20. The quantitative estimate of drug-likeness (QED) is 0.204. The summed E-state index contributed by atoms with van der Waals surface area (Å²) in [6.45, 7) is 6.44. The number of carbonyl (C=O) groups is 3. The number of hydrogen-bond donors (Lipinski definition) is 2. The standard InChI is InChI=1S/C35H36Cl2N4O5S2/c1-21(2)15-26(38-32(42)29-17-23-11-7-8-12-28(23)47-29)34(44)41-19-31-35(41,3)20-40(31)33(43)27(16-22-9-5-4-6-10-22)39-48(45,46)30-14-13-24(36)18-25(30)37/h4-14,17-18,21,26-27,31,39H,15-16,19-20H2,1-3H3,(H,38,42)/t26?,27-,31+,35?/m0/s1. The van der Waals surface area contributed by atoms with Crippen molar-refractivity contribution in [2.75, 3.05) is 13.1 Å². The number of carbonyl (C=O) groups excluding carboxylic acids is 3. The molecule has 48 heavy (non-hydrogen) atoms. The Hall–Kier alpha value is -3.48. The molecule has 2 N–H and O–H groups in total. The number of nitrogens with one attached hydrogen (secondary N) is 2. The highest BCUT2D eigenvalue weighted by Crippen LogP contribution is 2.45. The first-order valence-corrected chi connectivity index (χ1v) is 18.7. The number of rotatable bonds is 11. The Balaban J connectivity index is 1.17. The zero-order chi connectivity index (χ0) is 34.4. The lowest BCUT2D eigenvalue weighted by atomic mass is 9.71. The summed E-state index contributed by atoms with van der Waals surface area (Å²) >= 11 is 13.6. The van der Waals surface area contributed by atoms with Gasteiger partial charge in [0.25, 0.3) is 5.91 Å². The zero-order valence-electron chi connectivity index (χ0n) is 26.7. The Bertz CT molecular complexity index is 1950. The van der Waals surface area contributed by atoms with E-state index in [0.717, 1.165) is 15.6 Å². The van der Waals surface area contributed by atoms with Crippen LogP contribution in [0.15, 0.2) is 83.8 Å². The number of amides is 3. The number of benzene rings is 3. The fourth-order valence-electron chi connectivity index (χ4n) is 6.56. The van der Waals surface area contributed by atoms with E-state index < -0.39 is 27.6 Å². The fraction of sp³-hybridized carbons (Fsp3) is 0.343. The maximum absolute atomic E-state index is 14.0. The number of likely N-dealkylation sites (tertiary alicyclic amines) is 2. The van der Waals surface area contributed by atoms with Crippen molar-refractivity contribution in [2.45, 2.75) is 62.2 Å². The third kappa shape index (κ3) is 6.71. The number of nitrogens with zero attached hydrogens (tertiary/aromatic N) is 2. The van der Waals surface area contributed by atoms with Gasteiger partial charge >= 0.3 is 0 Å². The van der Waals surface area contributed by atoms with Crippen LogP contribution in [0.5, 0.6) is 0 Å². The molecule has 0 bridgehead atoms. The van der Waals surface area contributed by atoms with Crippen molar-refractivity contribution in [1.82, 2.24) is 19.8 Å². The molecule has 3 heterocycles. The number of thiophene rings is 1. The van der Waals surface area contributed by atoms with Crippen LogP contribution in [-0.4, -0.2) is 72.7 Å². The smallest absolute Gasteiger partial charge is 0.262 e. The second-order valence-electron chi connectivity index (χ2n) is 13.0. The summed E-state index contributed by atoms with van der Waals surface area (Å²) in [4.78, 5) is 45.0. The largest absolute Gasteiger partial charge is 0.340 e. The highest BCUT2D eigenvalue weighted by atomic mass is 35.5. The molecule has 0 radical (unpaired) electrons. The van der Waals surface area contributed by atoms with Crippen LogP contribution in [0.3, 0.4) is 0 Å². The molecule has 0 saturated carbocycles. The van der Waals surface area contributed by atoms with Gasteiger partial charge in [-0.15, -0.1) is 11.3 Å². The SMILES string of the molecule is CC(C)CC(NC(=O)c1cc2ccccc2s1)C(=O)N1C[C@H]2N(C(=O)[C@H](Cc3ccccc3)NS(=O)(=O)c3ccc(Cl)cc3Cl)CC21C. The molecule has 3 amide bonds. The van der Waals surface area contributed by atoms with Gasteiger partial charge in [-0.3, -0.25) is 14.4 Å². The maximum Gasteiger partial charge on any atom is 0.262 e. The summed E-state index contributed by atoms with van der Waals surface area (Å²) in [7, 11) is -4.20. The van der Waals surface area contributed by atoms with Gasteiger partial charge in [0.05, 0.1) is 21.5 Å². The van der Waals surface area contributed by atoms with Crippen LogP contribution in [0.4, 0.5) is 0 Å². The zero-order valence-corrected chi connectivity index (χ0v) is 29.8. The Morgan fingerprint density at radius 3 is 2.31 bits per heavy atom. The van der Waals surface area contributed by atoms with Gasteiger partial charge in [-0.1, -0.05) is 85.6 Å². The van der Waals surface area contributed by atoms with E-state index in [1.807, 2.05) is 81.4 Å². The predicted molar refractivity (Wildman–Crippen MR) is 189 cm³/mol. The average Bonchev–Trinajstić information content (AvgIpc) is 3.47. The van der Waals surface area contributed by atoms with Gasteiger partial charge in [-0.25, -0.2) is 8.42 Å². The molecule has 13 heteroatoms. The lowest BCUT2D eigenvalue weighted by molar-refractivity contribution is -0.206. The molecular formula is C35H36Cl2N4O5S2. The molecule has 2 fully saturated rings.